The quantitative estimate of drug-likeness (QED) is 0.721. The van der Waals surface area contributed by atoms with Crippen molar-refractivity contribution in [1.29, 1.82) is 0 Å². The molecule has 0 saturated carbocycles. The Kier molecular flexibility index (Phi) is 6.40. The molecule has 29 heavy (non-hydrogen) atoms. The molecule has 0 unspecified atom stereocenters. The third-order valence-corrected chi connectivity index (χ3v) is 8.56. The molecule has 1 fully saturated rings. The lowest BCUT2D eigenvalue weighted by atomic mass is 9.96. The van der Waals surface area contributed by atoms with Gasteiger partial charge in [0.2, 0.25) is 15.9 Å². The fourth-order valence-corrected chi connectivity index (χ4v) is 6.36. The number of hydrogen-bond acceptors (Lipinski definition) is 3. The molecule has 0 radical (unpaired) electrons. The minimum absolute atomic E-state index is 0.0796. The zero-order chi connectivity index (χ0) is 20.3. The van der Waals surface area contributed by atoms with E-state index in [1.807, 2.05) is 12.1 Å². The minimum atomic E-state index is -3.47. The van der Waals surface area contributed by atoms with E-state index in [4.69, 9.17) is 0 Å². The van der Waals surface area contributed by atoms with Crippen molar-refractivity contribution in [3.05, 3.63) is 41.0 Å². The van der Waals surface area contributed by atoms with Crippen LogP contribution in [-0.4, -0.2) is 38.3 Å². The van der Waals surface area contributed by atoms with Crippen LogP contribution in [0.2, 0.25) is 0 Å². The number of sulfonamides is 1. The van der Waals surface area contributed by atoms with E-state index in [1.54, 1.807) is 10.4 Å². The molecule has 0 bridgehead atoms. The molecule has 4 rings (SSSR count). The third-order valence-electron chi connectivity index (χ3n) is 6.66. The fourth-order valence-electron chi connectivity index (χ4n) is 4.84. The van der Waals surface area contributed by atoms with E-state index in [0.717, 1.165) is 32.1 Å². The minimum Gasteiger partial charge on any atom is -0.356 e. The van der Waals surface area contributed by atoms with Crippen molar-refractivity contribution in [2.45, 2.75) is 69.1 Å². The summed E-state index contributed by atoms with van der Waals surface area (Å²) in [4.78, 5) is 12.9. The number of carbonyl (C=O) groups is 1. The number of nitrogens with one attached hydrogen (secondary N) is 1. The van der Waals surface area contributed by atoms with Crippen LogP contribution in [0.1, 0.15) is 62.5 Å². The summed E-state index contributed by atoms with van der Waals surface area (Å²) in [7, 11) is -3.47. The highest BCUT2D eigenvalue weighted by Gasteiger charge is 2.32. The number of aryl methyl sites for hydroxylation is 2. The van der Waals surface area contributed by atoms with Crippen LogP contribution in [0.15, 0.2) is 34.7 Å². The van der Waals surface area contributed by atoms with Gasteiger partial charge in [-0.2, -0.15) is 4.31 Å². The molecule has 0 atom stereocenters. The first kappa shape index (κ1) is 20.6. The second kappa shape index (κ2) is 9.00. The lowest BCUT2D eigenvalue weighted by Gasteiger charge is -2.30. The summed E-state index contributed by atoms with van der Waals surface area (Å²) in [6.45, 7) is 1.53. The van der Waals surface area contributed by atoms with E-state index < -0.39 is 10.0 Å². The van der Waals surface area contributed by atoms with E-state index in [0.29, 0.717) is 37.4 Å². The van der Waals surface area contributed by atoms with Gasteiger partial charge < -0.3 is 5.32 Å². The molecule has 1 amide bonds. The highest BCUT2D eigenvalue weighted by atomic mass is 32.2. The number of allylic oxidation sites excluding steroid dienone is 1. The van der Waals surface area contributed by atoms with Crippen molar-refractivity contribution >= 4 is 15.9 Å². The van der Waals surface area contributed by atoms with Gasteiger partial charge in [0.05, 0.1) is 4.90 Å². The van der Waals surface area contributed by atoms with Crippen LogP contribution in [0.25, 0.3) is 0 Å². The Bertz CT molecular complexity index is 883. The van der Waals surface area contributed by atoms with Crippen LogP contribution in [0.3, 0.4) is 0 Å². The van der Waals surface area contributed by atoms with Gasteiger partial charge in [-0.25, -0.2) is 8.42 Å². The lowest BCUT2D eigenvalue weighted by Crippen LogP contribution is -2.43. The molecule has 1 N–H and O–H groups in total. The van der Waals surface area contributed by atoms with Gasteiger partial charge in [-0.15, -0.1) is 0 Å². The molecule has 1 saturated heterocycles. The van der Waals surface area contributed by atoms with Gasteiger partial charge >= 0.3 is 0 Å². The van der Waals surface area contributed by atoms with Crippen molar-refractivity contribution < 1.29 is 13.2 Å². The standard InChI is InChI=1S/C23H32N2O3S/c26-23(24-14-11-18-5-2-1-3-6-18)20-12-15-25(16-13-20)29(27,28)22-10-9-19-7-4-8-21(19)17-22/h5,9-10,17,20H,1-4,6-8,11-16H2,(H,24,26). The summed E-state index contributed by atoms with van der Waals surface area (Å²) in [5.41, 5.74) is 3.92. The van der Waals surface area contributed by atoms with E-state index in [-0.39, 0.29) is 11.8 Å². The van der Waals surface area contributed by atoms with Gasteiger partial charge in [-0.3, -0.25) is 4.79 Å². The molecule has 0 aromatic heterocycles. The first-order valence-electron chi connectivity index (χ1n) is 11.1. The van der Waals surface area contributed by atoms with E-state index in [9.17, 15) is 13.2 Å². The van der Waals surface area contributed by atoms with Crippen LogP contribution >= 0.6 is 0 Å². The normalized spacial score (nSPS) is 20.9. The Morgan fingerprint density at radius 3 is 2.59 bits per heavy atom. The molecule has 0 spiro atoms. The summed E-state index contributed by atoms with van der Waals surface area (Å²) in [6, 6.07) is 5.58. The second-order valence-electron chi connectivity index (χ2n) is 8.61. The number of amides is 1. The van der Waals surface area contributed by atoms with E-state index >= 15 is 0 Å². The molecule has 5 nitrogen and oxygen atoms in total. The first-order chi connectivity index (χ1) is 14.0. The summed E-state index contributed by atoms with van der Waals surface area (Å²) in [5, 5.41) is 3.07. The largest absolute Gasteiger partial charge is 0.356 e. The molecule has 1 aromatic rings. The van der Waals surface area contributed by atoms with Crippen molar-refractivity contribution in [2.75, 3.05) is 19.6 Å². The maximum absolute atomic E-state index is 13.0. The molecule has 2 aliphatic carbocycles. The third kappa shape index (κ3) is 4.75. The molecule has 1 aromatic carbocycles. The van der Waals surface area contributed by atoms with Crippen molar-refractivity contribution in [3.63, 3.8) is 0 Å². The Morgan fingerprint density at radius 2 is 1.83 bits per heavy atom. The number of benzene rings is 1. The predicted octanol–water partition coefficient (Wildman–Crippen LogP) is 3.58. The van der Waals surface area contributed by atoms with E-state index in [1.165, 1.54) is 36.0 Å². The fraction of sp³-hybridized carbons (Fsp3) is 0.609. The number of rotatable bonds is 6. The highest BCUT2D eigenvalue weighted by molar-refractivity contribution is 7.89. The Balaban J connectivity index is 1.28. The molecular formula is C23H32N2O3S. The topological polar surface area (TPSA) is 66.5 Å². The van der Waals surface area contributed by atoms with Crippen molar-refractivity contribution in [2.24, 2.45) is 5.92 Å². The van der Waals surface area contributed by atoms with Crippen LogP contribution in [0.4, 0.5) is 0 Å². The summed E-state index contributed by atoms with van der Waals surface area (Å²) in [6.07, 6.45) is 12.4. The zero-order valence-corrected chi connectivity index (χ0v) is 18.0. The SMILES string of the molecule is O=C(NCCC1=CCCCC1)C1CCN(S(=O)(=O)c2ccc3c(c2)CCC3)CC1. The predicted molar refractivity (Wildman–Crippen MR) is 114 cm³/mol. The smallest absolute Gasteiger partial charge is 0.243 e. The monoisotopic (exact) mass is 416 g/mol. The molecule has 158 valence electrons. The summed E-state index contributed by atoms with van der Waals surface area (Å²) >= 11 is 0. The van der Waals surface area contributed by atoms with Gasteiger partial charge in [0.1, 0.15) is 0 Å². The molecule has 6 heteroatoms. The number of nitrogens with zero attached hydrogens (tertiary/aromatic N) is 1. The summed E-state index contributed by atoms with van der Waals surface area (Å²) < 4.78 is 27.6. The lowest BCUT2D eigenvalue weighted by molar-refractivity contribution is -0.126. The number of fused-ring (bicyclic) bond motifs is 1. The second-order valence-corrected chi connectivity index (χ2v) is 10.5. The van der Waals surface area contributed by atoms with E-state index in [2.05, 4.69) is 11.4 Å². The average molecular weight is 417 g/mol. The van der Waals surface area contributed by atoms with Crippen LogP contribution in [0.5, 0.6) is 0 Å². The molecule has 3 aliphatic rings. The van der Waals surface area contributed by atoms with Crippen molar-refractivity contribution in [1.82, 2.24) is 9.62 Å². The number of hydrogen-bond donors (Lipinski definition) is 1. The maximum atomic E-state index is 13.0. The van der Waals surface area contributed by atoms with Crippen LogP contribution < -0.4 is 5.32 Å². The van der Waals surface area contributed by atoms with Crippen LogP contribution in [-0.2, 0) is 27.7 Å². The van der Waals surface area contributed by atoms with Gasteiger partial charge in [0.15, 0.2) is 0 Å². The van der Waals surface area contributed by atoms with Gasteiger partial charge in [0, 0.05) is 25.6 Å². The van der Waals surface area contributed by atoms with Crippen molar-refractivity contribution in [3.8, 4) is 0 Å². The summed E-state index contributed by atoms with van der Waals surface area (Å²) in [5.74, 6) is -0.00204. The molecule has 1 heterocycles. The highest BCUT2D eigenvalue weighted by Crippen LogP contribution is 2.28. The Hall–Kier alpha value is -1.66. The van der Waals surface area contributed by atoms with Gasteiger partial charge in [-0.1, -0.05) is 17.7 Å². The maximum Gasteiger partial charge on any atom is 0.243 e. The molecule has 1 aliphatic heterocycles. The number of carbonyl (C=O) groups excluding carboxylic acids is 1. The zero-order valence-electron chi connectivity index (χ0n) is 17.2. The van der Waals surface area contributed by atoms with Gasteiger partial charge in [0.25, 0.3) is 0 Å². The van der Waals surface area contributed by atoms with Crippen LogP contribution in [0, 0.1) is 5.92 Å². The Labute approximate surface area is 174 Å². The Morgan fingerprint density at radius 1 is 1.03 bits per heavy atom. The van der Waals surface area contributed by atoms with Gasteiger partial charge in [-0.05, 0) is 87.5 Å². The first-order valence-corrected chi connectivity index (χ1v) is 12.6. The number of piperidine rings is 1. The molecular weight excluding hydrogens is 384 g/mol. The average Bonchev–Trinajstić information content (AvgIpc) is 3.22.